The van der Waals surface area contributed by atoms with Crippen LogP contribution in [0.3, 0.4) is 0 Å². The number of hydrogen-bond acceptors (Lipinski definition) is 6. The second kappa shape index (κ2) is 12.9. The fourth-order valence-electron chi connectivity index (χ4n) is 3.93. The maximum atomic E-state index is 12.8. The highest BCUT2D eigenvalue weighted by Crippen LogP contribution is 2.34. The van der Waals surface area contributed by atoms with Crippen LogP contribution in [-0.2, 0) is 37.2 Å². The normalized spacial score (nSPS) is 12.8. The van der Waals surface area contributed by atoms with Gasteiger partial charge in [-0.05, 0) is 36.1 Å². The monoisotopic (exact) mass is 573 g/mol. The number of carbonyl (C=O) groups excluding carboxylic acids is 3. The van der Waals surface area contributed by atoms with Gasteiger partial charge in [0.1, 0.15) is 5.92 Å². The number of halogens is 1. The second-order valence-corrected chi connectivity index (χ2v) is 11.5. The molecular weight excluding hydrogens is 546 g/mol. The van der Waals surface area contributed by atoms with E-state index in [1.807, 2.05) is 35.1 Å². The molecule has 4 N–H and O–H groups in total. The van der Waals surface area contributed by atoms with Crippen molar-refractivity contribution < 1.29 is 22.8 Å². The number of amides is 3. The fourth-order valence-corrected chi connectivity index (χ4v) is 5.75. The molecule has 1 unspecified atom stereocenters. The number of thiol groups is 1. The van der Waals surface area contributed by atoms with Crippen LogP contribution in [0.2, 0.25) is 5.02 Å². The molecule has 38 heavy (non-hydrogen) atoms. The molecule has 0 fully saturated rings. The van der Waals surface area contributed by atoms with Crippen molar-refractivity contribution in [3.63, 3.8) is 0 Å². The molecule has 2 atom stereocenters. The van der Waals surface area contributed by atoms with E-state index in [0.29, 0.717) is 23.1 Å². The van der Waals surface area contributed by atoms with E-state index in [2.05, 4.69) is 17.9 Å². The number of primary amides is 1. The number of hydrogen-bond donors (Lipinski definition) is 4. The molecule has 0 aliphatic carbocycles. The van der Waals surface area contributed by atoms with Gasteiger partial charge in [-0.2, -0.15) is 12.6 Å². The Balaban J connectivity index is 1.74. The van der Waals surface area contributed by atoms with Crippen molar-refractivity contribution in [1.82, 2.24) is 10.0 Å². The maximum absolute atomic E-state index is 12.8. The largest absolute Gasteiger partial charge is 0.369 e. The molecule has 0 saturated heterocycles. The van der Waals surface area contributed by atoms with Gasteiger partial charge in [-0.1, -0.05) is 72.3 Å². The fraction of sp³-hybridized carbons (Fsp3) is 0.222. The summed E-state index contributed by atoms with van der Waals surface area (Å²) in [4.78, 5) is 36.2. The van der Waals surface area contributed by atoms with Crippen molar-refractivity contribution in [2.75, 3.05) is 6.54 Å². The topological polar surface area (TPSA) is 135 Å². The van der Waals surface area contributed by atoms with Crippen molar-refractivity contribution >= 4 is 52.0 Å². The van der Waals surface area contributed by atoms with Crippen molar-refractivity contribution in [2.24, 2.45) is 11.7 Å². The van der Waals surface area contributed by atoms with E-state index in [1.165, 1.54) is 12.1 Å². The van der Waals surface area contributed by atoms with Crippen LogP contribution in [0.5, 0.6) is 0 Å². The molecule has 3 rings (SSSR count). The van der Waals surface area contributed by atoms with Crippen LogP contribution >= 0.6 is 24.2 Å². The molecular formula is C27H28ClN3O5S2. The molecule has 0 bridgehead atoms. The van der Waals surface area contributed by atoms with E-state index in [0.717, 1.165) is 12.5 Å². The predicted octanol–water partition coefficient (Wildman–Crippen LogP) is 3.13. The highest BCUT2D eigenvalue weighted by molar-refractivity contribution is 7.90. The van der Waals surface area contributed by atoms with Crippen molar-refractivity contribution in [3.8, 4) is 11.1 Å². The van der Waals surface area contributed by atoms with Gasteiger partial charge in [0.25, 0.3) is 10.0 Å². The Hall–Kier alpha value is -3.34. The van der Waals surface area contributed by atoms with Gasteiger partial charge in [-0.15, -0.1) is 0 Å². The summed E-state index contributed by atoms with van der Waals surface area (Å²) in [5, 5.41) is 2.79. The van der Waals surface area contributed by atoms with E-state index >= 15 is 0 Å². The molecule has 200 valence electrons. The summed E-state index contributed by atoms with van der Waals surface area (Å²) in [5.74, 6) is -3.16. The molecule has 0 heterocycles. The Morgan fingerprint density at radius 2 is 1.58 bits per heavy atom. The van der Waals surface area contributed by atoms with Crippen LogP contribution < -0.4 is 15.8 Å². The molecule has 3 aromatic carbocycles. The lowest BCUT2D eigenvalue weighted by molar-refractivity contribution is -0.133. The van der Waals surface area contributed by atoms with E-state index in [-0.39, 0.29) is 28.1 Å². The first-order chi connectivity index (χ1) is 18.0. The standard InChI is InChI=1S/C27H28ClN3O5S2/c1-17(32)31-38(35,36)25-10-6-5-9-22(25)21-12-11-19(15-24(21)28)14-23(26(29)33)27(34)30-16-20(37)13-18-7-3-2-4-8-18/h2-12,15,20,23,37H,13-14,16H2,1H3,(H2,29,33)(H,30,34)(H,31,32)/t20-,23?/m0/s1. The minimum Gasteiger partial charge on any atom is -0.369 e. The Labute approximate surface area is 232 Å². The first-order valence-corrected chi connectivity index (χ1v) is 14.1. The summed E-state index contributed by atoms with van der Waals surface area (Å²) in [5.41, 5.74) is 7.86. The summed E-state index contributed by atoms with van der Waals surface area (Å²) < 4.78 is 27.2. The van der Waals surface area contributed by atoms with Crippen LogP contribution in [0.4, 0.5) is 0 Å². The van der Waals surface area contributed by atoms with Crippen LogP contribution in [0.25, 0.3) is 11.1 Å². The van der Waals surface area contributed by atoms with Gasteiger partial charge in [-0.3, -0.25) is 14.4 Å². The zero-order chi connectivity index (χ0) is 27.9. The van der Waals surface area contributed by atoms with E-state index in [1.54, 1.807) is 30.3 Å². The van der Waals surface area contributed by atoms with Crippen molar-refractivity contribution in [1.29, 1.82) is 0 Å². The van der Waals surface area contributed by atoms with Crippen molar-refractivity contribution in [3.05, 3.63) is 88.9 Å². The summed E-state index contributed by atoms with van der Waals surface area (Å²) in [7, 11) is -4.12. The number of sulfonamides is 1. The molecule has 0 aromatic heterocycles. The molecule has 0 aliphatic rings. The zero-order valence-corrected chi connectivity index (χ0v) is 23.0. The number of rotatable bonds is 11. The van der Waals surface area contributed by atoms with Gasteiger partial charge in [0, 0.05) is 34.9 Å². The van der Waals surface area contributed by atoms with Gasteiger partial charge in [0.15, 0.2) is 0 Å². The van der Waals surface area contributed by atoms with Gasteiger partial charge in [0.2, 0.25) is 17.7 Å². The Bertz CT molecular complexity index is 1430. The summed E-state index contributed by atoms with van der Waals surface area (Å²) in [6.45, 7) is 1.35. The first-order valence-electron chi connectivity index (χ1n) is 11.7. The zero-order valence-electron chi connectivity index (χ0n) is 20.6. The quantitative estimate of drug-likeness (QED) is 0.206. The minimum absolute atomic E-state index is 0.00290. The van der Waals surface area contributed by atoms with Crippen LogP contribution in [0, 0.1) is 5.92 Å². The third-order valence-corrected chi connectivity index (χ3v) is 7.87. The Kier molecular flexibility index (Phi) is 9.96. The molecule has 0 spiro atoms. The predicted molar refractivity (Wildman–Crippen MR) is 150 cm³/mol. The molecule has 3 amide bonds. The highest BCUT2D eigenvalue weighted by Gasteiger charge is 2.26. The number of nitrogens with one attached hydrogen (secondary N) is 2. The lowest BCUT2D eigenvalue weighted by Gasteiger charge is -2.17. The summed E-state index contributed by atoms with van der Waals surface area (Å²) in [6, 6.07) is 20.6. The van der Waals surface area contributed by atoms with Crippen LogP contribution in [0.1, 0.15) is 18.1 Å². The Morgan fingerprint density at radius 3 is 2.21 bits per heavy atom. The number of nitrogens with two attached hydrogens (primary N) is 1. The highest BCUT2D eigenvalue weighted by atomic mass is 35.5. The number of benzene rings is 3. The molecule has 8 nitrogen and oxygen atoms in total. The smallest absolute Gasteiger partial charge is 0.264 e. The summed E-state index contributed by atoms with van der Waals surface area (Å²) >= 11 is 11.0. The molecule has 0 aliphatic heterocycles. The third kappa shape index (κ3) is 7.83. The van der Waals surface area contributed by atoms with Gasteiger partial charge in [-0.25, -0.2) is 13.1 Å². The second-order valence-electron chi connectivity index (χ2n) is 8.72. The summed E-state index contributed by atoms with van der Waals surface area (Å²) in [6.07, 6.45) is 0.643. The SMILES string of the molecule is CC(=O)NS(=O)(=O)c1ccccc1-c1ccc(CC(C(N)=O)C(=O)NC[C@@H](S)Cc2ccccc2)cc1Cl. The van der Waals surface area contributed by atoms with E-state index in [4.69, 9.17) is 17.3 Å². The van der Waals surface area contributed by atoms with Gasteiger partial charge < -0.3 is 11.1 Å². The first kappa shape index (κ1) is 29.2. The van der Waals surface area contributed by atoms with Gasteiger partial charge >= 0.3 is 0 Å². The van der Waals surface area contributed by atoms with Crippen molar-refractivity contribution in [2.45, 2.75) is 29.9 Å². The van der Waals surface area contributed by atoms with E-state index in [9.17, 15) is 22.8 Å². The average molecular weight is 574 g/mol. The number of carbonyl (C=O) groups is 3. The maximum Gasteiger partial charge on any atom is 0.264 e. The average Bonchev–Trinajstić information content (AvgIpc) is 2.85. The van der Waals surface area contributed by atoms with Crippen LogP contribution in [0.15, 0.2) is 77.7 Å². The van der Waals surface area contributed by atoms with Crippen LogP contribution in [-0.4, -0.2) is 37.9 Å². The minimum atomic E-state index is -4.12. The lowest BCUT2D eigenvalue weighted by Crippen LogP contribution is -2.42. The molecule has 3 aromatic rings. The lowest BCUT2D eigenvalue weighted by atomic mass is 9.95. The Morgan fingerprint density at radius 1 is 0.921 bits per heavy atom. The van der Waals surface area contributed by atoms with Gasteiger partial charge in [0.05, 0.1) is 4.90 Å². The third-order valence-electron chi connectivity index (χ3n) is 5.70. The van der Waals surface area contributed by atoms with E-state index < -0.39 is 33.7 Å². The molecule has 0 radical (unpaired) electrons. The molecule has 11 heteroatoms. The molecule has 0 saturated carbocycles.